The molecule has 0 amide bonds. The molecule has 0 bridgehead atoms. The lowest BCUT2D eigenvalue weighted by atomic mass is 10.0. The van der Waals surface area contributed by atoms with Gasteiger partial charge in [0.15, 0.2) is 0 Å². The highest BCUT2D eigenvalue weighted by molar-refractivity contribution is 4.78. The van der Waals surface area contributed by atoms with E-state index in [0.29, 0.717) is 24.2 Å². The minimum Gasteiger partial charge on any atom is -0.424 e. The van der Waals surface area contributed by atoms with E-state index in [0.717, 1.165) is 19.4 Å². The van der Waals surface area contributed by atoms with Crippen LogP contribution in [0.1, 0.15) is 31.5 Å². The number of nitrogens with one attached hydrogen (secondary N) is 1. The van der Waals surface area contributed by atoms with Gasteiger partial charge in [0.05, 0.1) is 6.54 Å². The van der Waals surface area contributed by atoms with Gasteiger partial charge in [0.25, 0.3) is 0 Å². The maximum atomic E-state index is 8.82. The molecule has 86 valence electrons. The molecular weight excluding hydrogens is 194 g/mol. The summed E-state index contributed by atoms with van der Waals surface area (Å²) < 4.78 is 5.22. The molecule has 1 unspecified atom stereocenters. The van der Waals surface area contributed by atoms with Crippen LogP contribution in [0.15, 0.2) is 4.42 Å². The first-order chi connectivity index (χ1) is 7.26. The molecule has 1 atom stereocenters. The smallest absolute Gasteiger partial charge is 0.230 e. The number of aryl methyl sites for hydroxylation is 1. The number of hydrogen-bond acceptors (Lipinski definition) is 5. The van der Waals surface area contributed by atoms with Crippen LogP contribution in [0.3, 0.4) is 0 Å². The summed E-state index contributed by atoms with van der Waals surface area (Å²) in [5.74, 6) is 1.72. The molecule has 0 radical (unpaired) electrons. The fourth-order valence-corrected chi connectivity index (χ4v) is 1.43. The Morgan fingerprint density at radius 3 is 2.80 bits per heavy atom. The summed E-state index contributed by atoms with van der Waals surface area (Å²) in [7, 11) is 0. The van der Waals surface area contributed by atoms with Gasteiger partial charge in [-0.1, -0.05) is 13.3 Å². The number of aliphatic hydroxyl groups is 1. The second-order valence-corrected chi connectivity index (χ2v) is 3.63. The van der Waals surface area contributed by atoms with E-state index < -0.39 is 0 Å². The first-order valence-electron chi connectivity index (χ1n) is 5.36. The topological polar surface area (TPSA) is 71.2 Å². The molecule has 0 saturated heterocycles. The lowest BCUT2D eigenvalue weighted by Gasteiger charge is -2.12. The Bertz CT molecular complexity index is 275. The molecule has 0 aliphatic rings. The highest BCUT2D eigenvalue weighted by Crippen LogP contribution is 2.06. The summed E-state index contributed by atoms with van der Waals surface area (Å²) >= 11 is 0. The molecule has 1 rings (SSSR count). The van der Waals surface area contributed by atoms with Crippen molar-refractivity contribution < 1.29 is 9.52 Å². The van der Waals surface area contributed by atoms with Crippen LogP contribution in [0.25, 0.3) is 0 Å². The van der Waals surface area contributed by atoms with Crippen LogP contribution in [0, 0.1) is 12.8 Å². The fourth-order valence-electron chi connectivity index (χ4n) is 1.43. The molecule has 0 aliphatic heterocycles. The largest absolute Gasteiger partial charge is 0.424 e. The lowest BCUT2D eigenvalue weighted by molar-refractivity contribution is 0.250. The second kappa shape index (κ2) is 6.53. The van der Waals surface area contributed by atoms with Gasteiger partial charge in [0.2, 0.25) is 11.8 Å². The number of aromatic nitrogens is 2. The van der Waals surface area contributed by atoms with Gasteiger partial charge in [-0.2, -0.15) is 0 Å². The third kappa shape index (κ3) is 4.40. The molecule has 15 heavy (non-hydrogen) atoms. The average molecular weight is 213 g/mol. The minimum absolute atomic E-state index is 0.250. The Balaban J connectivity index is 2.20. The quantitative estimate of drug-likeness (QED) is 0.703. The van der Waals surface area contributed by atoms with Crippen molar-refractivity contribution >= 4 is 0 Å². The second-order valence-electron chi connectivity index (χ2n) is 3.63. The lowest BCUT2D eigenvalue weighted by Crippen LogP contribution is -2.23. The summed E-state index contributed by atoms with van der Waals surface area (Å²) in [6.45, 7) is 5.62. The Kier molecular flexibility index (Phi) is 5.28. The SMILES string of the molecule is CCC(CCO)CNCc1nnc(C)o1. The molecule has 5 nitrogen and oxygen atoms in total. The third-order valence-corrected chi connectivity index (χ3v) is 2.39. The van der Waals surface area contributed by atoms with Crippen LogP contribution < -0.4 is 5.32 Å². The van der Waals surface area contributed by atoms with Gasteiger partial charge in [-0.25, -0.2) is 0 Å². The van der Waals surface area contributed by atoms with Crippen LogP contribution in [0.5, 0.6) is 0 Å². The molecule has 0 aliphatic carbocycles. The first kappa shape index (κ1) is 12.1. The zero-order valence-corrected chi connectivity index (χ0v) is 9.36. The molecule has 1 aromatic rings. The molecule has 2 N–H and O–H groups in total. The van der Waals surface area contributed by atoms with Crippen molar-refractivity contribution in [3.05, 3.63) is 11.8 Å². The van der Waals surface area contributed by atoms with E-state index in [9.17, 15) is 0 Å². The fraction of sp³-hybridized carbons (Fsp3) is 0.800. The van der Waals surface area contributed by atoms with E-state index in [1.165, 1.54) is 0 Å². The van der Waals surface area contributed by atoms with E-state index >= 15 is 0 Å². The molecule has 1 aromatic heterocycles. The third-order valence-electron chi connectivity index (χ3n) is 2.39. The summed E-state index contributed by atoms with van der Waals surface area (Å²) in [5, 5.41) is 19.7. The van der Waals surface area contributed by atoms with Gasteiger partial charge in [0, 0.05) is 13.5 Å². The average Bonchev–Trinajstić information content (AvgIpc) is 2.63. The summed E-state index contributed by atoms with van der Waals surface area (Å²) in [6.07, 6.45) is 1.91. The Morgan fingerprint density at radius 1 is 1.47 bits per heavy atom. The van der Waals surface area contributed by atoms with E-state index in [4.69, 9.17) is 9.52 Å². The highest BCUT2D eigenvalue weighted by atomic mass is 16.4. The standard InChI is InChI=1S/C10H19N3O2/c1-3-9(4-5-14)6-11-7-10-13-12-8(2)15-10/h9,11,14H,3-7H2,1-2H3. The Labute approximate surface area is 89.9 Å². The van der Waals surface area contributed by atoms with Gasteiger partial charge in [-0.3, -0.25) is 0 Å². The van der Waals surface area contributed by atoms with E-state index in [1.54, 1.807) is 6.92 Å². The van der Waals surface area contributed by atoms with Crippen molar-refractivity contribution in [3.8, 4) is 0 Å². The molecule has 0 fully saturated rings. The molecule has 5 heteroatoms. The summed E-state index contributed by atoms with van der Waals surface area (Å²) in [6, 6.07) is 0. The van der Waals surface area contributed by atoms with Gasteiger partial charge >= 0.3 is 0 Å². The van der Waals surface area contributed by atoms with Gasteiger partial charge < -0.3 is 14.8 Å². The van der Waals surface area contributed by atoms with E-state index in [2.05, 4.69) is 22.4 Å². The van der Waals surface area contributed by atoms with Crippen LogP contribution >= 0.6 is 0 Å². The maximum Gasteiger partial charge on any atom is 0.230 e. The zero-order valence-electron chi connectivity index (χ0n) is 9.36. The van der Waals surface area contributed by atoms with Crippen LogP contribution in [0.4, 0.5) is 0 Å². The van der Waals surface area contributed by atoms with Crippen molar-refractivity contribution in [2.24, 2.45) is 5.92 Å². The molecule has 0 aromatic carbocycles. The van der Waals surface area contributed by atoms with Crippen LogP contribution in [-0.2, 0) is 6.54 Å². The van der Waals surface area contributed by atoms with Gasteiger partial charge in [0.1, 0.15) is 0 Å². The van der Waals surface area contributed by atoms with Crippen molar-refractivity contribution in [2.45, 2.75) is 33.2 Å². The monoisotopic (exact) mass is 213 g/mol. The van der Waals surface area contributed by atoms with Gasteiger partial charge in [-0.15, -0.1) is 10.2 Å². The molecule has 0 saturated carbocycles. The van der Waals surface area contributed by atoms with E-state index in [-0.39, 0.29) is 6.61 Å². The summed E-state index contributed by atoms with van der Waals surface area (Å²) in [5.41, 5.74) is 0. The maximum absolute atomic E-state index is 8.82. The first-order valence-corrected chi connectivity index (χ1v) is 5.36. The van der Waals surface area contributed by atoms with Crippen molar-refractivity contribution in [1.29, 1.82) is 0 Å². The minimum atomic E-state index is 0.250. The number of aliphatic hydroxyl groups excluding tert-OH is 1. The number of hydrogen-bond donors (Lipinski definition) is 2. The molecule has 1 heterocycles. The molecule has 0 spiro atoms. The molecular formula is C10H19N3O2. The number of rotatable bonds is 7. The Hall–Kier alpha value is -0.940. The van der Waals surface area contributed by atoms with Crippen molar-refractivity contribution in [1.82, 2.24) is 15.5 Å². The van der Waals surface area contributed by atoms with Gasteiger partial charge in [-0.05, 0) is 18.9 Å². The van der Waals surface area contributed by atoms with E-state index in [1.807, 2.05) is 0 Å². The highest BCUT2D eigenvalue weighted by Gasteiger charge is 2.06. The predicted molar refractivity (Wildman–Crippen MR) is 56.2 cm³/mol. The van der Waals surface area contributed by atoms with Crippen molar-refractivity contribution in [2.75, 3.05) is 13.2 Å². The van der Waals surface area contributed by atoms with Crippen LogP contribution in [-0.4, -0.2) is 28.5 Å². The Morgan fingerprint density at radius 2 is 2.27 bits per heavy atom. The predicted octanol–water partition coefficient (Wildman–Crippen LogP) is 0.876. The number of nitrogens with zero attached hydrogens (tertiary/aromatic N) is 2. The normalized spacial score (nSPS) is 13.0. The van der Waals surface area contributed by atoms with Crippen molar-refractivity contribution in [3.63, 3.8) is 0 Å². The summed E-state index contributed by atoms with van der Waals surface area (Å²) in [4.78, 5) is 0. The van der Waals surface area contributed by atoms with Crippen LogP contribution in [0.2, 0.25) is 0 Å². The zero-order chi connectivity index (χ0) is 11.1.